The van der Waals surface area contributed by atoms with E-state index < -0.39 is 54.6 Å². The Morgan fingerprint density at radius 2 is 1.37 bits per heavy atom. The summed E-state index contributed by atoms with van der Waals surface area (Å²) in [5, 5.41) is 12.4. The van der Waals surface area contributed by atoms with Crippen molar-refractivity contribution >= 4 is 47.0 Å². The van der Waals surface area contributed by atoms with Crippen molar-refractivity contribution in [1.82, 2.24) is 26.6 Å². The number of carbonyl (C=O) groups is 7. The van der Waals surface area contributed by atoms with Gasteiger partial charge in [0.2, 0.25) is 23.6 Å². The number of nitrogens with zero attached hydrogens (tertiary/aromatic N) is 1. The molecule has 1 atom stereocenters. The van der Waals surface area contributed by atoms with Gasteiger partial charge in [-0.3, -0.25) is 33.6 Å². The summed E-state index contributed by atoms with van der Waals surface area (Å²) < 4.78 is 0. The van der Waals surface area contributed by atoms with Gasteiger partial charge in [0.25, 0.3) is 17.7 Å². The van der Waals surface area contributed by atoms with E-state index >= 15 is 0 Å². The molecule has 13 heteroatoms. The molecule has 1 aliphatic heterocycles. The van der Waals surface area contributed by atoms with Crippen molar-refractivity contribution < 1.29 is 33.6 Å². The Labute approximate surface area is 235 Å². The number of hydrogen-bond donors (Lipinski definition) is 5. The molecule has 0 aliphatic carbocycles. The fourth-order valence-corrected chi connectivity index (χ4v) is 3.80. The van der Waals surface area contributed by atoms with Gasteiger partial charge in [-0.05, 0) is 30.7 Å². The smallest absolute Gasteiger partial charge is 0.258 e. The Balaban J connectivity index is 1.49. The number of hydrogen-bond acceptors (Lipinski definition) is 7. The lowest BCUT2D eigenvalue weighted by Gasteiger charge is -2.19. The first-order valence-electron chi connectivity index (χ1n) is 12.8. The van der Waals surface area contributed by atoms with E-state index in [0.717, 1.165) is 22.6 Å². The van der Waals surface area contributed by atoms with Gasteiger partial charge < -0.3 is 26.6 Å². The van der Waals surface area contributed by atoms with E-state index in [0.29, 0.717) is 6.54 Å². The van der Waals surface area contributed by atoms with Crippen LogP contribution >= 0.6 is 0 Å². The minimum atomic E-state index is -1.01. The number of likely N-dealkylation sites (N-methyl/N-ethyl adjacent to an activating group) is 1. The Morgan fingerprint density at radius 3 is 2.05 bits per heavy atom. The van der Waals surface area contributed by atoms with Crippen LogP contribution in [0.4, 0.5) is 5.69 Å². The maximum absolute atomic E-state index is 12.7. The van der Waals surface area contributed by atoms with E-state index in [4.69, 9.17) is 0 Å². The summed E-state index contributed by atoms with van der Waals surface area (Å²) in [6.45, 7) is 0.971. The first-order valence-corrected chi connectivity index (χ1v) is 12.8. The number of carbonyl (C=O) groups excluding carboxylic acids is 7. The third-order valence-electron chi connectivity index (χ3n) is 5.76. The highest BCUT2D eigenvalue weighted by Gasteiger charge is 2.26. The van der Waals surface area contributed by atoms with Crippen molar-refractivity contribution in [3.63, 3.8) is 0 Å². The lowest BCUT2D eigenvalue weighted by Crippen LogP contribution is -2.52. The number of rotatable bonds is 13. The average molecular weight is 563 g/mol. The number of nitrogens with one attached hydrogen (secondary N) is 5. The van der Waals surface area contributed by atoms with Gasteiger partial charge in [-0.15, -0.1) is 0 Å². The summed E-state index contributed by atoms with van der Waals surface area (Å²) in [4.78, 5) is 86.4. The molecule has 0 aromatic heterocycles. The molecule has 0 saturated heterocycles. The van der Waals surface area contributed by atoms with Crippen LogP contribution in [-0.2, 0) is 35.2 Å². The van der Waals surface area contributed by atoms with Crippen LogP contribution in [0.15, 0.2) is 66.7 Å². The number of amides is 7. The molecular weight excluding hydrogens is 532 g/mol. The Morgan fingerprint density at radius 1 is 0.732 bits per heavy atom. The third-order valence-corrected chi connectivity index (χ3v) is 5.76. The Bertz CT molecular complexity index is 1340. The summed E-state index contributed by atoms with van der Waals surface area (Å²) in [6, 6.07) is 13.7. The minimum Gasteiger partial charge on any atom is -0.355 e. The van der Waals surface area contributed by atoms with E-state index in [2.05, 4.69) is 26.6 Å². The SMILES string of the molecule is CCNC(=O)CNC(=O)C(Cc1ccccc1)NC(=O)CNC(=O)CNC(=O)c1cccc(N2C(=O)C=CC2=O)c1. The maximum Gasteiger partial charge on any atom is 0.258 e. The summed E-state index contributed by atoms with van der Waals surface area (Å²) in [5.41, 5.74) is 1.10. The number of anilines is 1. The molecule has 1 aliphatic rings. The summed E-state index contributed by atoms with van der Waals surface area (Å²) in [7, 11) is 0. The molecule has 2 aromatic carbocycles. The molecule has 0 spiro atoms. The molecule has 7 amide bonds. The van der Waals surface area contributed by atoms with Crippen LogP contribution in [-0.4, -0.2) is 73.6 Å². The van der Waals surface area contributed by atoms with Crippen LogP contribution in [0.25, 0.3) is 0 Å². The zero-order valence-corrected chi connectivity index (χ0v) is 22.3. The van der Waals surface area contributed by atoms with Crippen molar-refractivity contribution in [2.45, 2.75) is 19.4 Å². The van der Waals surface area contributed by atoms with Gasteiger partial charge in [-0.1, -0.05) is 36.4 Å². The standard InChI is InChI=1S/C28H30N6O7/c1-2-29-22(35)15-32-28(41)21(13-18-7-4-3-5-8-18)33-24(37)17-30-23(36)16-31-27(40)19-9-6-10-20(14-19)34-25(38)11-12-26(34)39/h3-12,14,21H,2,13,15-17H2,1H3,(H,29,35)(H,30,36)(H,31,40)(H,32,41)(H,33,37). The van der Waals surface area contributed by atoms with Gasteiger partial charge in [0.15, 0.2) is 0 Å². The molecule has 2 aromatic rings. The Hall–Kier alpha value is -5.33. The van der Waals surface area contributed by atoms with Crippen LogP contribution < -0.4 is 31.5 Å². The molecule has 1 heterocycles. The summed E-state index contributed by atoms with van der Waals surface area (Å²) in [6.07, 6.45) is 2.40. The van der Waals surface area contributed by atoms with Gasteiger partial charge in [-0.25, -0.2) is 4.90 Å². The van der Waals surface area contributed by atoms with E-state index in [-0.39, 0.29) is 30.1 Å². The monoisotopic (exact) mass is 562 g/mol. The van der Waals surface area contributed by atoms with Crippen LogP contribution in [0, 0.1) is 0 Å². The normalized spacial score (nSPS) is 12.9. The van der Waals surface area contributed by atoms with Gasteiger partial charge >= 0.3 is 0 Å². The van der Waals surface area contributed by atoms with Crippen molar-refractivity contribution in [3.8, 4) is 0 Å². The topological polar surface area (TPSA) is 183 Å². The second-order valence-corrected chi connectivity index (χ2v) is 8.84. The fraction of sp³-hybridized carbons (Fsp3) is 0.250. The molecule has 1 unspecified atom stereocenters. The van der Waals surface area contributed by atoms with Crippen molar-refractivity contribution in [2.75, 3.05) is 31.1 Å². The maximum atomic E-state index is 12.7. The van der Waals surface area contributed by atoms with Crippen LogP contribution in [0.3, 0.4) is 0 Å². The first kappa shape index (κ1) is 30.2. The molecule has 0 fully saturated rings. The highest BCUT2D eigenvalue weighted by atomic mass is 16.2. The predicted molar refractivity (Wildman–Crippen MR) is 147 cm³/mol. The zero-order valence-electron chi connectivity index (χ0n) is 22.3. The number of imide groups is 1. The molecular formula is C28H30N6O7. The van der Waals surface area contributed by atoms with E-state index in [9.17, 15) is 33.6 Å². The predicted octanol–water partition coefficient (Wildman–Crippen LogP) is -1.06. The fourth-order valence-electron chi connectivity index (χ4n) is 3.80. The molecule has 3 rings (SSSR count). The van der Waals surface area contributed by atoms with Crippen LogP contribution in [0.5, 0.6) is 0 Å². The molecule has 0 bridgehead atoms. The van der Waals surface area contributed by atoms with Crippen molar-refractivity contribution in [3.05, 3.63) is 77.9 Å². The average Bonchev–Trinajstić information content (AvgIpc) is 3.31. The molecule has 214 valence electrons. The molecule has 5 N–H and O–H groups in total. The van der Waals surface area contributed by atoms with Gasteiger partial charge in [0, 0.05) is 30.7 Å². The van der Waals surface area contributed by atoms with Gasteiger partial charge in [0.1, 0.15) is 6.04 Å². The lowest BCUT2D eigenvalue weighted by atomic mass is 10.1. The highest BCUT2D eigenvalue weighted by molar-refractivity contribution is 6.28. The van der Waals surface area contributed by atoms with Gasteiger partial charge in [-0.2, -0.15) is 0 Å². The second-order valence-electron chi connectivity index (χ2n) is 8.84. The largest absolute Gasteiger partial charge is 0.355 e. The van der Waals surface area contributed by atoms with E-state index in [1.54, 1.807) is 31.2 Å². The first-order chi connectivity index (χ1) is 19.7. The highest BCUT2D eigenvalue weighted by Crippen LogP contribution is 2.20. The molecule has 41 heavy (non-hydrogen) atoms. The van der Waals surface area contributed by atoms with E-state index in [1.807, 2.05) is 6.07 Å². The quantitative estimate of drug-likeness (QED) is 0.193. The Kier molecular flexibility index (Phi) is 10.8. The van der Waals surface area contributed by atoms with Crippen LogP contribution in [0.2, 0.25) is 0 Å². The molecule has 0 saturated carbocycles. The summed E-state index contributed by atoms with van der Waals surface area (Å²) >= 11 is 0. The second kappa shape index (κ2) is 14.7. The lowest BCUT2D eigenvalue weighted by molar-refractivity contribution is -0.130. The number of benzene rings is 2. The minimum absolute atomic E-state index is 0.114. The van der Waals surface area contributed by atoms with Crippen molar-refractivity contribution in [2.24, 2.45) is 0 Å². The van der Waals surface area contributed by atoms with Crippen molar-refractivity contribution in [1.29, 1.82) is 0 Å². The third kappa shape index (κ3) is 9.13. The molecule has 0 radical (unpaired) electrons. The zero-order chi connectivity index (χ0) is 29.8. The molecule has 13 nitrogen and oxygen atoms in total. The van der Waals surface area contributed by atoms with Gasteiger partial charge in [0.05, 0.1) is 25.3 Å². The van der Waals surface area contributed by atoms with E-state index in [1.165, 1.54) is 24.3 Å². The van der Waals surface area contributed by atoms with Crippen LogP contribution in [0.1, 0.15) is 22.8 Å². The summed E-state index contributed by atoms with van der Waals surface area (Å²) in [5.74, 6) is -3.96.